The highest BCUT2D eigenvalue weighted by Gasteiger charge is 2.17. The summed E-state index contributed by atoms with van der Waals surface area (Å²) in [7, 11) is 0. The summed E-state index contributed by atoms with van der Waals surface area (Å²) in [6, 6.07) is 22.3. The quantitative estimate of drug-likeness (QED) is 0.353. The Morgan fingerprint density at radius 1 is 0.935 bits per heavy atom. The Labute approximate surface area is 179 Å². The first-order valence-corrected chi connectivity index (χ1v) is 10.3. The summed E-state index contributed by atoms with van der Waals surface area (Å²) in [6.07, 6.45) is 3.12. The number of fused-ring (bicyclic) bond motifs is 2. The zero-order valence-electron chi connectivity index (χ0n) is 16.9. The van der Waals surface area contributed by atoms with Gasteiger partial charge in [-0.2, -0.15) is 0 Å². The van der Waals surface area contributed by atoms with Crippen molar-refractivity contribution in [3.63, 3.8) is 0 Å². The highest BCUT2D eigenvalue weighted by molar-refractivity contribution is 5.96. The van der Waals surface area contributed by atoms with Crippen LogP contribution in [0.4, 0.5) is 11.4 Å². The number of hydrogen-bond donors (Lipinski definition) is 1. The molecule has 1 heterocycles. The molecule has 0 aliphatic heterocycles. The molecule has 0 unspecified atom stereocenters. The highest BCUT2D eigenvalue weighted by atomic mass is 16.5. The first kappa shape index (κ1) is 19.1. The standard InChI is InChI=1S/C26H21NO4/c28-25-15-19(22-13-17-7-6-8-18(17)14-24(22)31-25)16-30-26(29)21-11-4-5-12-23(21)27-20-9-2-1-3-10-20/h1-5,9-15,27H,6-8,16H2. The van der Waals surface area contributed by atoms with Gasteiger partial charge in [0.25, 0.3) is 0 Å². The predicted octanol–water partition coefficient (Wildman–Crippen LogP) is 5.38. The molecule has 1 N–H and O–H groups in total. The maximum atomic E-state index is 12.9. The molecule has 5 rings (SSSR count). The minimum atomic E-state index is -0.457. The molecule has 0 amide bonds. The zero-order chi connectivity index (χ0) is 21.2. The van der Waals surface area contributed by atoms with Crippen LogP contribution in [0.5, 0.6) is 0 Å². The number of carbonyl (C=O) groups excluding carboxylic acids is 1. The van der Waals surface area contributed by atoms with E-state index in [0.29, 0.717) is 22.4 Å². The number of rotatable bonds is 5. The van der Waals surface area contributed by atoms with Crippen LogP contribution in [-0.4, -0.2) is 5.97 Å². The second-order valence-electron chi connectivity index (χ2n) is 7.67. The van der Waals surface area contributed by atoms with E-state index in [1.165, 1.54) is 17.2 Å². The van der Waals surface area contributed by atoms with Crippen molar-refractivity contribution in [3.05, 3.63) is 105 Å². The summed E-state index contributed by atoms with van der Waals surface area (Å²) >= 11 is 0. The van der Waals surface area contributed by atoms with Gasteiger partial charge in [0.1, 0.15) is 12.2 Å². The second kappa shape index (κ2) is 8.11. The van der Waals surface area contributed by atoms with E-state index in [9.17, 15) is 9.59 Å². The van der Waals surface area contributed by atoms with E-state index in [2.05, 4.69) is 11.4 Å². The van der Waals surface area contributed by atoms with Crippen molar-refractivity contribution >= 4 is 28.3 Å². The van der Waals surface area contributed by atoms with Crippen LogP contribution in [0.2, 0.25) is 0 Å². The van der Waals surface area contributed by atoms with E-state index >= 15 is 0 Å². The Morgan fingerprint density at radius 2 is 1.68 bits per heavy atom. The number of hydrogen-bond acceptors (Lipinski definition) is 5. The summed E-state index contributed by atoms with van der Waals surface area (Å²) < 4.78 is 11.0. The Morgan fingerprint density at radius 3 is 2.52 bits per heavy atom. The predicted molar refractivity (Wildman–Crippen MR) is 120 cm³/mol. The molecule has 0 spiro atoms. The summed E-state index contributed by atoms with van der Waals surface area (Å²) in [5.41, 5.74) is 5.23. The molecule has 4 aromatic rings. The van der Waals surface area contributed by atoms with Crippen LogP contribution >= 0.6 is 0 Å². The Hall–Kier alpha value is -3.86. The molecule has 3 aromatic carbocycles. The van der Waals surface area contributed by atoms with Gasteiger partial charge in [-0.1, -0.05) is 30.3 Å². The van der Waals surface area contributed by atoms with Crippen molar-refractivity contribution in [1.82, 2.24) is 0 Å². The number of aryl methyl sites for hydroxylation is 2. The largest absolute Gasteiger partial charge is 0.457 e. The van der Waals surface area contributed by atoms with Crippen LogP contribution in [0.15, 0.2) is 82.0 Å². The fraction of sp³-hybridized carbons (Fsp3) is 0.154. The van der Waals surface area contributed by atoms with Crippen LogP contribution in [0, 0.1) is 0 Å². The molecular weight excluding hydrogens is 390 g/mol. The zero-order valence-corrected chi connectivity index (χ0v) is 16.9. The Bertz CT molecular complexity index is 1320. The van der Waals surface area contributed by atoms with Gasteiger partial charge < -0.3 is 14.5 Å². The van der Waals surface area contributed by atoms with Crippen molar-refractivity contribution in [2.45, 2.75) is 25.9 Å². The molecule has 0 fully saturated rings. The smallest absolute Gasteiger partial charge is 0.340 e. The maximum Gasteiger partial charge on any atom is 0.340 e. The molecular formula is C26H21NO4. The number of ether oxygens (including phenoxy) is 1. The van der Waals surface area contributed by atoms with Crippen LogP contribution in [0.3, 0.4) is 0 Å². The van der Waals surface area contributed by atoms with Gasteiger partial charge in [0.05, 0.1) is 11.3 Å². The van der Waals surface area contributed by atoms with Crippen molar-refractivity contribution < 1.29 is 13.9 Å². The van der Waals surface area contributed by atoms with E-state index in [1.54, 1.807) is 12.1 Å². The Kier molecular flexibility index (Phi) is 5.00. The molecule has 0 radical (unpaired) electrons. The van der Waals surface area contributed by atoms with Crippen molar-refractivity contribution in [2.75, 3.05) is 5.32 Å². The normalized spacial score (nSPS) is 12.5. The average Bonchev–Trinajstić information content (AvgIpc) is 3.24. The summed E-state index contributed by atoms with van der Waals surface area (Å²) in [5.74, 6) is -0.457. The van der Waals surface area contributed by atoms with E-state index in [1.807, 2.05) is 48.5 Å². The average molecular weight is 411 g/mol. The molecule has 0 saturated heterocycles. The number of carbonyl (C=O) groups is 1. The fourth-order valence-electron chi connectivity index (χ4n) is 4.08. The second-order valence-corrected chi connectivity index (χ2v) is 7.67. The van der Waals surface area contributed by atoms with Gasteiger partial charge in [-0.3, -0.25) is 0 Å². The third-order valence-corrected chi connectivity index (χ3v) is 5.60. The van der Waals surface area contributed by atoms with Gasteiger partial charge in [-0.05, 0) is 66.8 Å². The summed E-state index contributed by atoms with van der Waals surface area (Å²) in [5, 5.41) is 4.08. The molecule has 0 atom stereocenters. The number of anilines is 2. The van der Waals surface area contributed by atoms with E-state index < -0.39 is 11.6 Å². The fourth-order valence-corrected chi connectivity index (χ4v) is 4.08. The molecule has 1 aliphatic rings. The molecule has 5 nitrogen and oxygen atoms in total. The first-order chi connectivity index (χ1) is 15.2. The molecule has 0 saturated carbocycles. The lowest BCUT2D eigenvalue weighted by atomic mass is 10.0. The van der Waals surface area contributed by atoms with Gasteiger partial charge in [0.2, 0.25) is 0 Å². The minimum Gasteiger partial charge on any atom is -0.457 e. The van der Waals surface area contributed by atoms with Gasteiger partial charge in [-0.15, -0.1) is 0 Å². The molecule has 154 valence electrons. The minimum absolute atomic E-state index is 0.000604. The van der Waals surface area contributed by atoms with Gasteiger partial charge in [0.15, 0.2) is 0 Å². The highest BCUT2D eigenvalue weighted by Crippen LogP contribution is 2.29. The third-order valence-electron chi connectivity index (χ3n) is 5.60. The van der Waals surface area contributed by atoms with Crippen molar-refractivity contribution in [3.8, 4) is 0 Å². The van der Waals surface area contributed by atoms with E-state index in [0.717, 1.165) is 30.3 Å². The van der Waals surface area contributed by atoms with Gasteiger partial charge in [0, 0.05) is 22.7 Å². The molecule has 31 heavy (non-hydrogen) atoms. The number of esters is 1. The monoisotopic (exact) mass is 411 g/mol. The van der Waals surface area contributed by atoms with Crippen LogP contribution in [-0.2, 0) is 24.2 Å². The topological polar surface area (TPSA) is 68.5 Å². The Balaban J connectivity index is 1.40. The lowest BCUT2D eigenvalue weighted by Gasteiger charge is -2.12. The lowest BCUT2D eigenvalue weighted by Crippen LogP contribution is -2.10. The van der Waals surface area contributed by atoms with Crippen molar-refractivity contribution in [2.24, 2.45) is 0 Å². The lowest BCUT2D eigenvalue weighted by molar-refractivity contribution is 0.0475. The van der Waals surface area contributed by atoms with Crippen LogP contribution < -0.4 is 10.9 Å². The van der Waals surface area contributed by atoms with Gasteiger partial charge >= 0.3 is 11.6 Å². The SMILES string of the molecule is O=C(OCc1cc(=O)oc2cc3c(cc12)CCC3)c1ccccc1Nc1ccccc1. The van der Waals surface area contributed by atoms with Crippen LogP contribution in [0.25, 0.3) is 11.0 Å². The number of nitrogens with one attached hydrogen (secondary N) is 1. The molecule has 5 heteroatoms. The number of benzene rings is 3. The van der Waals surface area contributed by atoms with E-state index in [-0.39, 0.29) is 6.61 Å². The first-order valence-electron chi connectivity index (χ1n) is 10.3. The summed E-state index contributed by atoms with van der Waals surface area (Å²) in [6.45, 7) is -0.000604. The van der Waals surface area contributed by atoms with Crippen LogP contribution in [0.1, 0.15) is 33.5 Å². The summed E-state index contributed by atoms with van der Waals surface area (Å²) in [4.78, 5) is 24.9. The maximum absolute atomic E-state index is 12.9. The molecule has 0 bridgehead atoms. The number of para-hydroxylation sites is 2. The van der Waals surface area contributed by atoms with Crippen molar-refractivity contribution in [1.29, 1.82) is 0 Å². The third kappa shape index (κ3) is 3.94. The van der Waals surface area contributed by atoms with Gasteiger partial charge in [-0.25, -0.2) is 9.59 Å². The molecule has 1 aliphatic carbocycles. The molecule has 1 aromatic heterocycles. The van der Waals surface area contributed by atoms with E-state index in [4.69, 9.17) is 9.15 Å².